The van der Waals surface area contributed by atoms with Gasteiger partial charge in [-0.15, -0.1) is 0 Å². The van der Waals surface area contributed by atoms with E-state index < -0.39 is 20.2 Å². The van der Waals surface area contributed by atoms with Gasteiger partial charge in [0.2, 0.25) is 11.8 Å². The molecule has 4 unspecified atom stereocenters. The summed E-state index contributed by atoms with van der Waals surface area (Å²) in [6.07, 6.45) is 9.74. The van der Waals surface area contributed by atoms with Crippen molar-refractivity contribution < 1.29 is 14.5 Å². The zero-order valence-electron chi connectivity index (χ0n) is 18.2. The van der Waals surface area contributed by atoms with E-state index in [1.54, 1.807) is 0 Å². The Morgan fingerprint density at radius 2 is 1.79 bits per heavy atom. The minimum Gasteiger partial charge on any atom is -0.374 e. The Labute approximate surface area is 172 Å². The highest BCUT2D eigenvalue weighted by molar-refractivity contribution is 7.51. The number of hydrogen-bond donors (Lipinski definition) is 4. The van der Waals surface area contributed by atoms with Gasteiger partial charge in [-0.2, -0.15) is 0 Å². The van der Waals surface area contributed by atoms with Gasteiger partial charge in [-0.25, -0.2) is 0 Å². The maximum Gasteiger partial charge on any atom is 0.242 e. The van der Waals surface area contributed by atoms with E-state index in [9.17, 15) is 14.5 Å². The molecule has 0 aromatic rings. The number of nitrogens with two attached hydrogens (primary N) is 1. The summed E-state index contributed by atoms with van der Waals surface area (Å²) in [6.45, 7) is 8.29. The second-order valence-corrected chi connectivity index (χ2v) is 10.5. The highest BCUT2D eigenvalue weighted by Crippen LogP contribution is 2.38. The predicted molar refractivity (Wildman–Crippen MR) is 117 cm³/mol. The molecule has 7 heteroatoms. The molecule has 0 aliphatic heterocycles. The quantitative estimate of drug-likeness (QED) is 0.290. The van der Waals surface area contributed by atoms with Crippen molar-refractivity contribution in [2.24, 2.45) is 23.5 Å². The second-order valence-electron chi connectivity index (χ2n) is 8.70. The molecule has 1 saturated carbocycles. The summed E-state index contributed by atoms with van der Waals surface area (Å²) < 4.78 is 0. The van der Waals surface area contributed by atoms with E-state index in [0.29, 0.717) is 12.5 Å². The highest BCUT2D eigenvalue weighted by atomic mass is 31.1. The van der Waals surface area contributed by atoms with E-state index in [0.717, 1.165) is 25.2 Å². The van der Waals surface area contributed by atoms with E-state index in [1.165, 1.54) is 32.1 Å². The first-order valence-electron chi connectivity index (χ1n) is 11.0. The van der Waals surface area contributed by atoms with E-state index in [1.807, 2.05) is 27.7 Å². The van der Waals surface area contributed by atoms with Gasteiger partial charge in [-0.05, 0) is 36.5 Å². The molecule has 1 fully saturated rings. The van der Waals surface area contributed by atoms with Crippen LogP contribution in [0.15, 0.2) is 0 Å². The van der Waals surface area contributed by atoms with Gasteiger partial charge in [-0.3, -0.25) is 9.59 Å². The van der Waals surface area contributed by atoms with Crippen molar-refractivity contribution in [3.8, 4) is 0 Å². The molecule has 2 amide bonds. The minimum absolute atomic E-state index is 0.0191. The summed E-state index contributed by atoms with van der Waals surface area (Å²) in [5, 5.41) is 5.73. The van der Waals surface area contributed by atoms with Crippen molar-refractivity contribution in [1.82, 2.24) is 10.6 Å². The van der Waals surface area contributed by atoms with E-state index in [2.05, 4.69) is 10.6 Å². The maximum atomic E-state index is 12.5. The van der Waals surface area contributed by atoms with Crippen LogP contribution in [0.2, 0.25) is 0 Å². The molecule has 5 N–H and O–H groups in total. The van der Waals surface area contributed by atoms with Crippen LogP contribution < -0.4 is 16.4 Å². The lowest BCUT2D eigenvalue weighted by Crippen LogP contribution is -2.55. The molecule has 0 aromatic heterocycles. The zero-order valence-corrected chi connectivity index (χ0v) is 19.1. The molecule has 1 aliphatic rings. The third-order valence-corrected chi connectivity index (χ3v) is 7.66. The van der Waals surface area contributed by atoms with Crippen molar-refractivity contribution >= 4 is 20.0 Å². The predicted octanol–water partition coefficient (Wildman–Crippen LogP) is 2.98. The second kappa shape index (κ2) is 13.5. The summed E-state index contributed by atoms with van der Waals surface area (Å²) in [4.78, 5) is 35.1. The fraction of sp³-hybridized carbons (Fsp3) is 0.905. The number of carbonyl (C=O) groups is 2. The minimum atomic E-state index is -0.932. The van der Waals surface area contributed by atoms with Gasteiger partial charge in [0.05, 0.1) is 6.04 Å². The molecule has 6 nitrogen and oxygen atoms in total. The van der Waals surface area contributed by atoms with Gasteiger partial charge in [0.25, 0.3) is 0 Å². The van der Waals surface area contributed by atoms with E-state index in [4.69, 9.17) is 5.73 Å². The van der Waals surface area contributed by atoms with Crippen LogP contribution in [0, 0.1) is 17.8 Å². The van der Waals surface area contributed by atoms with E-state index in [-0.39, 0.29) is 23.7 Å². The molecule has 0 heterocycles. The zero-order chi connectivity index (χ0) is 21.1. The standard InChI is InChI=1S/C21H42N3O3P/c1-5-16(4)18(22)20(25)24-19(15(2)3)21(26)23-12-9-13-28(27)14-17-10-7-6-8-11-17/h15-19,27H,5-14,22H2,1-4H3,(H,23,26)(H,24,25). The number of rotatable bonds is 12. The van der Waals surface area contributed by atoms with Gasteiger partial charge in [0.1, 0.15) is 6.04 Å². The Hall–Kier alpha value is -0.710. The van der Waals surface area contributed by atoms with Gasteiger partial charge in [0, 0.05) is 14.7 Å². The van der Waals surface area contributed by atoms with Gasteiger partial charge in [-0.1, -0.05) is 66.2 Å². The first kappa shape index (κ1) is 25.3. The monoisotopic (exact) mass is 415 g/mol. The fourth-order valence-electron chi connectivity index (χ4n) is 3.64. The first-order valence-corrected chi connectivity index (χ1v) is 12.7. The number of amides is 2. The molecular weight excluding hydrogens is 373 g/mol. The van der Waals surface area contributed by atoms with Crippen LogP contribution in [-0.2, 0) is 9.59 Å². The first-order chi connectivity index (χ1) is 13.3. The normalized spacial score (nSPS) is 19.7. The molecule has 1 rings (SSSR count). The number of hydrogen-bond acceptors (Lipinski definition) is 4. The molecule has 4 atom stereocenters. The Morgan fingerprint density at radius 1 is 1.14 bits per heavy atom. The third-order valence-electron chi connectivity index (χ3n) is 5.89. The van der Waals surface area contributed by atoms with Crippen molar-refractivity contribution in [2.75, 3.05) is 18.9 Å². The fourth-order valence-corrected chi connectivity index (χ4v) is 5.31. The smallest absolute Gasteiger partial charge is 0.242 e. The van der Waals surface area contributed by atoms with Crippen molar-refractivity contribution in [3.05, 3.63) is 0 Å². The van der Waals surface area contributed by atoms with E-state index >= 15 is 0 Å². The van der Waals surface area contributed by atoms with Crippen molar-refractivity contribution in [1.29, 1.82) is 0 Å². The lowest BCUT2D eigenvalue weighted by Gasteiger charge is -2.25. The lowest BCUT2D eigenvalue weighted by atomic mass is 9.91. The maximum absolute atomic E-state index is 12.5. The number of nitrogens with one attached hydrogen (secondary N) is 2. The molecule has 0 saturated heterocycles. The van der Waals surface area contributed by atoms with Crippen molar-refractivity contribution in [2.45, 2.75) is 84.7 Å². The Balaban J connectivity index is 2.34. The van der Waals surface area contributed by atoms with Gasteiger partial charge in [0.15, 0.2) is 0 Å². The Bertz CT molecular complexity index is 470. The molecule has 0 aromatic carbocycles. The average Bonchev–Trinajstić information content (AvgIpc) is 2.68. The molecule has 0 spiro atoms. The molecule has 28 heavy (non-hydrogen) atoms. The topological polar surface area (TPSA) is 104 Å². The van der Waals surface area contributed by atoms with Crippen LogP contribution in [0.5, 0.6) is 0 Å². The largest absolute Gasteiger partial charge is 0.374 e. The molecule has 0 radical (unpaired) electrons. The summed E-state index contributed by atoms with van der Waals surface area (Å²) in [6, 6.07) is -1.18. The summed E-state index contributed by atoms with van der Waals surface area (Å²) >= 11 is 0. The van der Waals surface area contributed by atoms with Gasteiger partial charge >= 0.3 is 0 Å². The molecule has 164 valence electrons. The van der Waals surface area contributed by atoms with Crippen molar-refractivity contribution in [3.63, 3.8) is 0 Å². The third kappa shape index (κ3) is 9.19. The van der Waals surface area contributed by atoms with Crippen LogP contribution in [0.3, 0.4) is 0 Å². The van der Waals surface area contributed by atoms with Crippen LogP contribution in [0.4, 0.5) is 0 Å². The summed E-state index contributed by atoms with van der Waals surface area (Å²) in [7, 11) is -0.932. The SMILES string of the molecule is CCC(C)C(N)C(=O)NC(C(=O)NCCCP(O)CC1CCCCC1)C(C)C. The average molecular weight is 416 g/mol. The Morgan fingerprint density at radius 3 is 2.36 bits per heavy atom. The summed E-state index contributed by atoms with van der Waals surface area (Å²) in [5.74, 6) is 0.303. The van der Waals surface area contributed by atoms with Gasteiger partial charge < -0.3 is 21.3 Å². The molecule has 0 bridgehead atoms. The highest BCUT2D eigenvalue weighted by Gasteiger charge is 2.28. The van der Waals surface area contributed by atoms with Crippen LogP contribution in [0.1, 0.15) is 72.6 Å². The van der Waals surface area contributed by atoms with Crippen LogP contribution in [0.25, 0.3) is 0 Å². The molecule has 1 aliphatic carbocycles. The lowest BCUT2D eigenvalue weighted by molar-refractivity contribution is -0.131. The van der Waals surface area contributed by atoms with Crippen LogP contribution in [-0.4, -0.2) is 47.7 Å². The summed E-state index contributed by atoms with van der Waals surface area (Å²) in [5.41, 5.74) is 5.98. The van der Waals surface area contributed by atoms with Crippen LogP contribution >= 0.6 is 8.15 Å². The molecular formula is C21H42N3O3P. The Kier molecular flexibility index (Phi) is 12.2. The number of carbonyl (C=O) groups excluding carboxylic acids is 2.